The van der Waals surface area contributed by atoms with E-state index in [9.17, 15) is 0 Å². The van der Waals surface area contributed by atoms with Crippen LogP contribution in [0.25, 0.3) is 33.9 Å². The third kappa shape index (κ3) is 7.89. The molecule has 5 nitrogen and oxygen atoms in total. The number of benzene rings is 5. The smallest absolute Gasteiger partial charge is 0.160 e. The molecule has 2 N–H and O–H groups in total. The van der Waals surface area contributed by atoms with E-state index in [0.29, 0.717) is 5.82 Å². The minimum absolute atomic E-state index is 0.685. The van der Waals surface area contributed by atoms with Gasteiger partial charge in [-0.25, -0.2) is 15.0 Å². The van der Waals surface area contributed by atoms with Crippen molar-refractivity contribution in [3.05, 3.63) is 170 Å². The van der Waals surface area contributed by atoms with Gasteiger partial charge in [0.25, 0.3) is 0 Å². The summed E-state index contributed by atoms with van der Waals surface area (Å²) in [4.78, 5) is 14.4. The number of hydrogen-bond donors (Lipinski definition) is 2. The molecule has 5 aromatic carbocycles. The lowest BCUT2D eigenvalue weighted by Gasteiger charge is -2.13. The number of anilines is 4. The quantitative estimate of drug-likeness (QED) is 0.185. The summed E-state index contributed by atoms with van der Waals surface area (Å²) < 4.78 is 0. The van der Waals surface area contributed by atoms with Gasteiger partial charge < -0.3 is 10.6 Å². The molecule has 45 heavy (non-hydrogen) atoms. The molecule has 2 aromatic heterocycles. The normalized spacial score (nSPS) is 10.3. The van der Waals surface area contributed by atoms with Crippen LogP contribution in [0.2, 0.25) is 0 Å². The van der Waals surface area contributed by atoms with Crippen LogP contribution in [0.4, 0.5) is 22.9 Å². The second-order valence-corrected chi connectivity index (χ2v) is 10.2. The fourth-order valence-corrected chi connectivity index (χ4v) is 4.67. The van der Waals surface area contributed by atoms with Crippen LogP contribution < -0.4 is 16.1 Å². The number of nitrogens with one attached hydrogen (secondary N) is 2. The van der Waals surface area contributed by atoms with Gasteiger partial charge in [0.1, 0.15) is 7.85 Å². The fourth-order valence-electron chi connectivity index (χ4n) is 4.67. The zero-order valence-corrected chi connectivity index (χ0v) is 24.6. The lowest BCUT2D eigenvalue weighted by atomic mass is 9.97. The first kappa shape index (κ1) is 29.1. The Morgan fingerprint density at radius 3 is 1.49 bits per heavy atom. The van der Waals surface area contributed by atoms with Gasteiger partial charge in [-0.3, -0.25) is 0 Å². The summed E-state index contributed by atoms with van der Waals surface area (Å²) in [7, 11) is 5.36. The van der Waals surface area contributed by atoms with Gasteiger partial charge >= 0.3 is 0 Å². The minimum atomic E-state index is 0.685. The molecule has 0 saturated heterocycles. The first-order valence-electron chi connectivity index (χ1n) is 14.7. The highest BCUT2D eigenvalue weighted by Gasteiger charge is 2.11. The summed E-state index contributed by atoms with van der Waals surface area (Å²) >= 11 is 0. The SMILES string of the molecule is [B]c1ccccc1.c1ccc(Nc2ncccc2Nc2ccc(-c3nc(-c4ccccc4)cc(-c4ccccc4)n3)cc2)cc1. The van der Waals surface area contributed by atoms with Crippen molar-refractivity contribution in [3.63, 3.8) is 0 Å². The second kappa shape index (κ2) is 14.4. The molecular weight excluding hydrogens is 549 g/mol. The van der Waals surface area contributed by atoms with Crippen molar-refractivity contribution in [3.8, 4) is 33.9 Å². The molecule has 0 unspecified atom stereocenters. The van der Waals surface area contributed by atoms with Gasteiger partial charge in [-0.1, -0.05) is 115 Å². The Balaban J connectivity index is 0.000000452. The van der Waals surface area contributed by atoms with Crippen LogP contribution in [0.5, 0.6) is 0 Å². The highest BCUT2D eigenvalue weighted by atomic mass is 15.0. The summed E-state index contributed by atoms with van der Waals surface area (Å²) in [5.41, 5.74) is 8.48. The van der Waals surface area contributed by atoms with Gasteiger partial charge in [0.05, 0.1) is 17.1 Å². The van der Waals surface area contributed by atoms with E-state index in [0.717, 1.165) is 56.4 Å². The van der Waals surface area contributed by atoms with Gasteiger partial charge in [0.2, 0.25) is 0 Å². The summed E-state index contributed by atoms with van der Waals surface area (Å²) in [5, 5.41) is 6.86. The summed E-state index contributed by atoms with van der Waals surface area (Å²) in [5.74, 6) is 1.44. The fraction of sp³-hybridized carbons (Fsp3) is 0. The Morgan fingerprint density at radius 1 is 0.444 bits per heavy atom. The molecule has 2 heterocycles. The highest BCUT2D eigenvalue weighted by molar-refractivity contribution is 6.32. The van der Waals surface area contributed by atoms with E-state index in [1.165, 1.54) is 0 Å². The van der Waals surface area contributed by atoms with E-state index < -0.39 is 0 Å². The molecule has 0 spiro atoms. The van der Waals surface area contributed by atoms with Crippen LogP contribution in [-0.2, 0) is 0 Å². The van der Waals surface area contributed by atoms with Crippen LogP contribution >= 0.6 is 0 Å². The Kier molecular flexibility index (Phi) is 9.34. The second-order valence-electron chi connectivity index (χ2n) is 10.2. The van der Waals surface area contributed by atoms with Gasteiger partial charge in [0, 0.05) is 34.3 Å². The van der Waals surface area contributed by atoms with Crippen LogP contribution in [0.3, 0.4) is 0 Å². The molecule has 7 aromatic rings. The van der Waals surface area contributed by atoms with Crippen molar-refractivity contribution in [1.82, 2.24) is 15.0 Å². The molecule has 6 heteroatoms. The maximum Gasteiger partial charge on any atom is 0.160 e. The summed E-state index contributed by atoms with van der Waals surface area (Å²) in [6.45, 7) is 0. The largest absolute Gasteiger partial charge is 0.353 e. The van der Waals surface area contributed by atoms with Gasteiger partial charge in [0.15, 0.2) is 11.6 Å². The standard InChI is InChI=1S/C33H25N5.C6H5B/c1-4-11-24(12-5-1)30-23-31(25-13-6-2-7-14-25)38-32(37-30)26-18-20-28(21-19-26)35-29-17-10-22-34-33(29)36-27-15-8-3-9-16-27;7-6-4-2-1-3-5-6/h1-23,35H,(H,34,36);1-5H. The van der Waals surface area contributed by atoms with Crippen molar-refractivity contribution < 1.29 is 0 Å². The maximum absolute atomic E-state index is 5.36. The van der Waals surface area contributed by atoms with E-state index in [1.807, 2.05) is 140 Å². The number of para-hydroxylation sites is 1. The lowest BCUT2D eigenvalue weighted by Crippen LogP contribution is -2.00. The number of rotatable bonds is 7. The van der Waals surface area contributed by atoms with Gasteiger partial charge in [-0.05, 0) is 54.6 Å². The zero-order chi connectivity index (χ0) is 30.7. The van der Waals surface area contributed by atoms with Crippen LogP contribution in [0.1, 0.15) is 0 Å². The predicted molar refractivity (Wildman–Crippen MR) is 187 cm³/mol. The summed E-state index contributed by atoms with van der Waals surface area (Å²) in [6.07, 6.45) is 1.78. The van der Waals surface area contributed by atoms with Gasteiger partial charge in [-0.2, -0.15) is 0 Å². The van der Waals surface area contributed by atoms with Crippen molar-refractivity contribution in [2.75, 3.05) is 10.6 Å². The molecule has 0 aliphatic rings. The Morgan fingerprint density at radius 2 is 0.956 bits per heavy atom. The van der Waals surface area contributed by atoms with Crippen molar-refractivity contribution in [2.24, 2.45) is 0 Å². The minimum Gasteiger partial charge on any atom is -0.353 e. The first-order valence-corrected chi connectivity index (χ1v) is 14.7. The van der Waals surface area contributed by atoms with E-state index >= 15 is 0 Å². The molecule has 0 aliphatic carbocycles. The molecule has 0 atom stereocenters. The Bertz CT molecular complexity index is 1880. The molecule has 0 amide bonds. The Hall–Kier alpha value is -6.01. The number of hydrogen-bond acceptors (Lipinski definition) is 5. The molecule has 0 saturated carbocycles. The first-order chi connectivity index (χ1) is 22.2. The average molecular weight is 580 g/mol. The van der Waals surface area contributed by atoms with Crippen molar-refractivity contribution in [2.45, 2.75) is 0 Å². The van der Waals surface area contributed by atoms with Crippen molar-refractivity contribution >= 4 is 36.2 Å². The number of nitrogens with zero attached hydrogens (tertiary/aromatic N) is 3. The Labute approximate surface area is 265 Å². The maximum atomic E-state index is 5.36. The highest BCUT2D eigenvalue weighted by Crippen LogP contribution is 2.30. The number of pyridine rings is 1. The molecule has 0 aliphatic heterocycles. The van der Waals surface area contributed by atoms with E-state index in [1.54, 1.807) is 6.20 Å². The van der Waals surface area contributed by atoms with Crippen LogP contribution in [0, 0.1) is 0 Å². The monoisotopic (exact) mass is 579 g/mol. The van der Waals surface area contributed by atoms with Crippen molar-refractivity contribution in [1.29, 1.82) is 0 Å². The van der Waals surface area contributed by atoms with E-state index in [-0.39, 0.29) is 0 Å². The average Bonchev–Trinajstić information content (AvgIpc) is 3.11. The molecule has 0 fully saturated rings. The third-order valence-corrected chi connectivity index (χ3v) is 6.93. The zero-order valence-electron chi connectivity index (χ0n) is 24.6. The molecular formula is C39H30BN5. The molecule has 0 bridgehead atoms. The van der Waals surface area contributed by atoms with E-state index in [2.05, 4.69) is 39.9 Å². The third-order valence-electron chi connectivity index (χ3n) is 6.93. The number of aromatic nitrogens is 3. The topological polar surface area (TPSA) is 62.7 Å². The molecule has 214 valence electrons. The van der Waals surface area contributed by atoms with E-state index in [4.69, 9.17) is 17.8 Å². The summed E-state index contributed by atoms with van der Waals surface area (Å²) in [6, 6.07) is 54.1. The predicted octanol–water partition coefficient (Wildman–Crippen LogP) is 8.84. The lowest BCUT2D eigenvalue weighted by molar-refractivity contribution is 1.18. The molecule has 7 rings (SSSR count). The van der Waals surface area contributed by atoms with Crippen LogP contribution in [0.15, 0.2) is 170 Å². The molecule has 2 radical (unpaired) electrons. The van der Waals surface area contributed by atoms with Gasteiger partial charge in [-0.15, -0.1) is 0 Å². The van der Waals surface area contributed by atoms with Crippen LogP contribution in [-0.4, -0.2) is 22.8 Å².